The molecule has 31 heavy (non-hydrogen) atoms. The van der Waals surface area contributed by atoms with Crippen LogP contribution in [0.15, 0.2) is 70.9 Å². The van der Waals surface area contributed by atoms with Crippen LogP contribution in [-0.2, 0) is 19.2 Å². The van der Waals surface area contributed by atoms with E-state index in [1.54, 1.807) is 0 Å². The Bertz CT molecular complexity index is 1070. The predicted octanol–water partition coefficient (Wildman–Crippen LogP) is 2.74. The number of allylic oxidation sites excluding steroid dienone is 12. The summed E-state index contributed by atoms with van der Waals surface area (Å²) in [6.07, 6.45) is 15.6. The highest BCUT2D eigenvalue weighted by molar-refractivity contribution is 6.22. The molecule has 2 fully saturated rings. The zero-order valence-corrected chi connectivity index (χ0v) is 16.7. The van der Waals surface area contributed by atoms with Crippen LogP contribution in [0.2, 0.25) is 0 Å². The third kappa shape index (κ3) is 1.67. The first-order valence-corrected chi connectivity index (χ1v) is 11.4. The predicted molar refractivity (Wildman–Crippen MR) is 110 cm³/mol. The van der Waals surface area contributed by atoms with Crippen molar-refractivity contribution in [2.24, 2.45) is 59.2 Å². The Hall–Kier alpha value is -2.88. The molecule has 0 aromatic heterocycles. The molecule has 4 nitrogen and oxygen atoms in total. The molecule has 0 radical (unpaired) electrons. The van der Waals surface area contributed by atoms with E-state index in [1.807, 2.05) is 0 Å². The minimum absolute atomic E-state index is 0.0000269. The van der Waals surface area contributed by atoms with Crippen molar-refractivity contribution in [2.75, 3.05) is 0 Å². The number of carbonyl (C=O) groups excluding carboxylic acids is 4. The van der Waals surface area contributed by atoms with E-state index >= 15 is 0 Å². The summed E-state index contributed by atoms with van der Waals surface area (Å²) in [6.45, 7) is 0. The van der Waals surface area contributed by atoms with Gasteiger partial charge in [-0.1, -0.05) is 24.3 Å². The monoisotopic (exact) mass is 408 g/mol. The number of carbonyl (C=O) groups is 4. The van der Waals surface area contributed by atoms with Crippen LogP contribution in [0.5, 0.6) is 0 Å². The van der Waals surface area contributed by atoms with Crippen molar-refractivity contribution in [1.29, 1.82) is 0 Å². The maximum atomic E-state index is 12.8. The number of ketones is 4. The topological polar surface area (TPSA) is 68.3 Å². The maximum absolute atomic E-state index is 12.8. The lowest BCUT2D eigenvalue weighted by Crippen LogP contribution is -2.55. The molecule has 0 amide bonds. The van der Waals surface area contributed by atoms with E-state index in [4.69, 9.17) is 0 Å². The van der Waals surface area contributed by atoms with E-state index in [-0.39, 0.29) is 46.8 Å². The van der Waals surface area contributed by atoms with Crippen LogP contribution >= 0.6 is 0 Å². The maximum Gasteiger partial charge on any atom is 0.183 e. The van der Waals surface area contributed by atoms with E-state index < -0.39 is 0 Å². The van der Waals surface area contributed by atoms with Crippen LogP contribution in [0.3, 0.4) is 0 Å². The molecule has 10 rings (SSSR count). The molecule has 2 unspecified atom stereocenters. The van der Waals surface area contributed by atoms with Gasteiger partial charge in [0.05, 0.1) is 0 Å². The molecule has 0 heterocycles. The summed E-state index contributed by atoms with van der Waals surface area (Å²) in [6, 6.07) is 0. The average molecular weight is 408 g/mol. The van der Waals surface area contributed by atoms with E-state index in [0.717, 1.165) is 28.7 Å². The molecular weight excluding hydrogens is 388 g/mol. The summed E-state index contributed by atoms with van der Waals surface area (Å²) in [5.41, 5.74) is 2.98. The first-order valence-electron chi connectivity index (χ1n) is 11.4. The smallest absolute Gasteiger partial charge is 0.183 e. The van der Waals surface area contributed by atoms with Gasteiger partial charge in [0.2, 0.25) is 0 Å². The second-order valence-corrected chi connectivity index (χ2v) is 10.5. The molecule has 10 aliphatic rings. The summed E-state index contributed by atoms with van der Waals surface area (Å²) < 4.78 is 0. The molecule has 2 saturated carbocycles. The van der Waals surface area contributed by atoms with E-state index in [1.165, 1.54) is 24.3 Å². The average Bonchev–Trinajstić information content (AvgIpc) is 3.39. The van der Waals surface area contributed by atoms with Crippen LogP contribution in [0.4, 0.5) is 0 Å². The largest absolute Gasteiger partial charge is 0.290 e. The van der Waals surface area contributed by atoms with Gasteiger partial charge in [-0.3, -0.25) is 19.2 Å². The highest BCUT2D eigenvalue weighted by atomic mass is 16.1. The second-order valence-electron chi connectivity index (χ2n) is 10.5. The van der Waals surface area contributed by atoms with E-state index in [0.29, 0.717) is 35.5 Å². The third-order valence-corrected chi connectivity index (χ3v) is 9.87. The fourth-order valence-electron chi connectivity index (χ4n) is 9.34. The Morgan fingerprint density at radius 3 is 0.968 bits per heavy atom. The Kier molecular flexibility index (Phi) is 2.77. The first-order chi connectivity index (χ1) is 15.1. The summed E-state index contributed by atoms with van der Waals surface area (Å²) in [7, 11) is 0. The molecule has 0 aliphatic heterocycles. The van der Waals surface area contributed by atoms with Crippen molar-refractivity contribution in [1.82, 2.24) is 0 Å². The van der Waals surface area contributed by atoms with Gasteiger partial charge in [0.25, 0.3) is 0 Å². The lowest BCUT2D eigenvalue weighted by Gasteiger charge is -2.57. The number of fused-ring (bicyclic) bond motifs is 2. The molecule has 0 aromatic rings. The number of hydrogen-bond acceptors (Lipinski definition) is 4. The van der Waals surface area contributed by atoms with Gasteiger partial charge in [-0.05, 0) is 66.2 Å². The molecular formula is C27H20O4. The fraction of sp³-hybridized carbons (Fsp3) is 0.407. The van der Waals surface area contributed by atoms with E-state index in [2.05, 4.69) is 24.3 Å². The van der Waals surface area contributed by atoms with Crippen molar-refractivity contribution in [3.05, 3.63) is 70.9 Å². The van der Waals surface area contributed by atoms with Crippen LogP contribution in [0, 0.1) is 59.2 Å². The molecule has 0 N–H and O–H groups in total. The number of rotatable bonds is 0. The van der Waals surface area contributed by atoms with Crippen molar-refractivity contribution in [2.45, 2.75) is 6.42 Å². The van der Waals surface area contributed by atoms with Gasteiger partial charge in [-0.15, -0.1) is 0 Å². The lowest BCUT2D eigenvalue weighted by atomic mass is 9.45. The summed E-state index contributed by atoms with van der Waals surface area (Å²) in [5.74, 6) is 2.39. The van der Waals surface area contributed by atoms with Gasteiger partial charge < -0.3 is 0 Å². The van der Waals surface area contributed by atoms with Gasteiger partial charge in [0, 0.05) is 46.0 Å². The molecule has 6 bridgehead atoms. The van der Waals surface area contributed by atoms with Crippen molar-refractivity contribution in [3.8, 4) is 0 Å². The first kappa shape index (κ1) is 16.8. The fourth-order valence-corrected chi connectivity index (χ4v) is 9.34. The van der Waals surface area contributed by atoms with Crippen LogP contribution in [0.25, 0.3) is 0 Å². The Labute approximate surface area is 179 Å². The lowest BCUT2D eigenvalue weighted by molar-refractivity contribution is -0.119. The zero-order valence-electron chi connectivity index (χ0n) is 16.7. The summed E-state index contributed by atoms with van der Waals surface area (Å²) >= 11 is 0. The van der Waals surface area contributed by atoms with Crippen LogP contribution < -0.4 is 0 Å². The Morgan fingerprint density at radius 1 is 0.452 bits per heavy atom. The minimum Gasteiger partial charge on any atom is -0.290 e. The third-order valence-electron chi connectivity index (χ3n) is 9.87. The number of hydrogen-bond donors (Lipinski definition) is 0. The van der Waals surface area contributed by atoms with Gasteiger partial charge in [-0.2, -0.15) is 0 Å². The van der Waals surface area contributed by atoms with Crippen molar-refractivity contribution < 1.29 is 19.2 Å². The van der Waals surface area contributed by atoms with Crippen LogP contribution in [0.1, 0.15) is 6.42 Å². The molecule has 152 valence electrons. The highest BCUT2D eigenvalue weighted by Gasteiger charge is 2.69. The van der Waals surface area contributed by atoms with Gasteiger partial charge in [0.1, 0.15) is 0 Å². The van der Waals surface area contributed by atoms with Crippen molar-refractivity contribution in [3.63, 3.8) is 0 Å². The van der Waals surface area contributed by atoms with Gasteiger partial charge >= 0.3 is 0 Å². The van der Waals surface area contributed by atoms with Crippen LogP contribution in [-0.4, -0.2) is 23.1 Å². The second kappa shape index (κ2) is 5.12. The molecule has 0 spiro atoms. The highest BCUT2D eigenvalue weighted by Crippen LogP contribution is 2.73. The Balaban J connectivity index is 1.28. The Morgan fingerprint density at radius 2 is 0.710 bits per heavy atom. The molecule has 4 heteroatoms. The van der Waals surface area contributed by atoms with Gasteiger partial charge in [0.15, 0.2) is 23.1 Å². The standard InChI is InChI=1S/C27H20O4/c28-16-5-6-17(29)25-11-2-1-10(24(16)25)20-14-9-15(21(11)20)23-13-4-3-12(22(14)23)26-18(30)7-8-19(31)27(13)26/h1-8,10-15,20-23H,9H2/t10-,11+,12+,13-,14?,15?,20-,21+,22+,23-. The normalized spacial score (nSPS) is 49.3. The van der Waals surface area contributed by atoms with Gasteiger partial charge in [-0.25, -0.2) is 0 Å². The van der Waals surface area contributed by atoms with Crippen molar-refractivity contribution >= 4 is 23.1 Å². The molecule has 10 atom stereocenters. The SMILES string of the molecule is O=C1C=CC(=O)C2=C1[C@H]1C=C[C@@H]2[C@@H]2C3CC([C@@H]4[C@H]3[C@@H]3C=C[C@H]4C4=C3C(=O)C=CC4=O)[C@@H]21. The molecule has 0 saturated heterocycles. The molecule has 10 aliphatic carbocycles. The zero-order chi connectivity index (χ0) is 20.8. The summed E-state index contributed by atoms with van der Waals surface area (Å²) in [4.78, 5) is 51.2. The van der Waals surface area contributed by atoms with E-state index in [9.17, 15) is 19.2 Å². The molecule has 0 aromatic carbocycles. The summed E-state index contributed by atoms with van der Waals surface area (Å²) in [5, 5.41) is 0. The quantitative estimate of drug-likeness (QED) is 0.457. The minimum atomic E-state index is -0.0000269.